The number of Topliss-reactive ketones (excluding diaryl/α,β-unsaturated/α-hetero) is 1. The number of hydrogen-bond donors (Lipinski definition) is 4. The first kappa shape index (κ1) is 63.5. The topological polar surface area (TPSA) is 201 Å². The van der Waals surface area contributed by atoms with E-state index in [4.69, 9.17) is 15.5 Å². The third kappa shape index (κ3) is 15.9. The number of alkyl carbamates (subject to hydrolysis) is 1. The lowest BCUT2D eigenvalue weighted by Gasteiger charge is -2.47. The highest BCUT2D eigenvalue weighted by molar-refractivity contribution is 5.89. The number of alkyl halides is 6. The van der Waals surface area contributed by atoms with Crippen LogP contribution in [0.5, 0.6) is 0 Å². The quantitative estimate of drug-likeness (QED) is 0.0249. The largest absolute Gasteiger partial charge is 0.469 e. The average Bonchev–Trinajstić information content (AvgIpc) is 3.70. The summed E-state index contributed by atoms with van der Waals surface area (Å²) in [6.07, 6.45) is -9.15. The number of halogens is 8. The number of fused-ring (bicyclic) bond motifs is 2. The van der Waals surface area contributed by atoms with E-state index in [0.717, 1.165) is 71.3 Å². The molecule has 3 aromatic rings. The molecule has 2 amide bonds. The summed E-state index contributed by atoms with van der Waals surface area (Å²) in [6, 6.07) is 11.4. The molecule has 3 aliphatic heterocycles. The molecule has 0 radical (unpaired) electrons. The van der Waals surface area contributed by atoms with Gasteiger partial charge in [-0.2, -0.15) is 26.3 Å². The molecule has 0 spiro atoms. The number of rotatable bonds is 23. The number of aromatic nitrogens is 1. The minimum atomic E-state index is -5.06. The number of nitrogens with two attached hydrogens (primary N) is 1. The van der Waals surface area contributed by atoms with Crippen LogP contribution >= 0.6 is 0 Å². The van der Waals surface area contributed by atoms with Crippen molar-refractivity contribution >= 4 is 41.5 Å². The zero-order chi connectivity index (χ0) is 59.6. The van der Waals surface area contributed by atoms with E-state index < -0.39 is 127 Å². The van der Waals surface area contributed by atoms with Gasteiger partial charge in [-0.15, -0.1) is 0 Å². The molecule has 81 heavy (non-hydrogen) atoms. The number of amides is 2. The van der Waals surface area contributed by atoms with Crippen molar-refractivity contribution in [1.29, 1.82) is 0 Å². The minimum absolute atomic E-state index is 0.0309. The number of methoxy groups -OCH3 is 2. The van der Waals surface area contributed by atoms with E-state index in [2.05, 4.69) is 41.4 Å². The highest BCUT2D eigenvalue weighted by Crippen LogP contribution is 2.46. The monoisotopic (exact) mass is 1150 g/mol. The summed E-state index contributed by atoms with van der Waals surface area (Å²) < 4.78 is 133. The average molecular weight is 1150 g/mol. The van der Waals surface area contributed by atoms with Crippen LogP contribution in [0.3, 0.4) is 0 Å². The number of benzene rings is 2. The Hall–Kier alpha value is -6.68. The number of aliphatic hydroxyl groups is 1. The second-order valence-electron chi connectivity index (χ2n) is 21.8. The fourth-order valence-electron chi connectivity index (χ4n) is 10.3. The molecule has 1 aromatic heterocycles. The number of nitrogens with zero attached hydrogens (tertiary/aromatic N) is 5. The highest BCUT2D eigenvalue weighted by Gasteiger charge is 2.57. The Balaban J connectivity index is 1.28. The van der Waals surface area contributed by atoms with Crippen LogP contribution in [0.2, 0.25) is 0 Å². The molecule has 4 heterocycles. The lowest BCUT2D eigenvalue weighted by Crippen LogP contribution is -2.62. The van der Waals surface area contributed by atoms with Crippen LogP contribution in [-0.2, 0) is 41.4 Å². The maximum Gasteiger partial charge on any atom is 0.407 e. The minimum Gasteiger partial charge on any atom is -0.469 e. The third-order valence-electron chi connectivity index (χ3n) is 15.7. The Bertz CT molecular complexity index is 2780. The van der Waals surface area contributed by atoms with Crippen LogP contribution in [-0.4, -0.2) is 160 Å². The van der Waals surface area contributed by atoms with E-state index in [0.29, 0.717) is 62.5 Å². The van der Waals surface area contributed by atoms with Crippen molar-refractivity contribution in [2.75, 3.05) is 72.2 Å². The van der Waals surface area contributed by atoms with Crippen molar-refractivity contribution in [2.45, 2.75) is 109 Å². The predicted octanol–water partition coefficient (Wildman–Crippen LogP) is 6.99. The zero-order valence-electron chi connectivity index (χ0n) is 46.2. The standard InChI is InChI=1S/C57H70F8N8O8/c1-54(2,56(60,61)62)43(26-50(76)79-6)52(77)69-33-71(21-19-42-44(58)23-37(24-45(42)59)46(66)18-20-67-5)30-48(75)38(25-47(74)51(70-53(78)80-7)55(3,4)57(63,64)65)22-35-11-8-34(9-12-35)10-13-36-14-17-49(68-27-36)72-28-39-15-16-40(29-72)73(39)41-31-81-32-41/h8-9,11-12,14,17-18,20,23-24,27,38-41,43,48,51,75H,15-16,19,21-22,25-26,28-33,66H2,1-7H3,(H,69,77)(H,70,78)/t38-,39?,40?,43-,48+,51-/m1/s1. The van der Waals surface area contributed by atoms with Crippen LogP contribution in [0.1, 0.15) is 81.2 Å². The van der Waals surface area contributed by atoms with Crippen molar-refractivity contribution in [2.24, 2.45) is 33.4 Å². The van der Waals surface area contributed by atoms with E-state index in [1.165, 1.54) is 24.2 Å². The number of hydrogen-bond acceptors (Lipinski definition) is 14. The molecule has 0 aliphatic carbocycles. The Morgan fingerprint density at radius 1 is 0.889 bits per heavy atom. The number of carbonyl (C=O) groups is 4. The predicted molar refractivity (Wildman–Crippen MR) is 285 cm³/mol. The van der Waals surface area contributed by atoms with Crippen molar-refractivity contribution in [3.8, 4) is 11.8 Å². The SMILES string of the molecule is CN=CC=C(N)c1cc(F)c(CCN(CNC(=O)[C@@H](CC(=O)OC)C(C)(C)C(F)(F)F)C[C@H](O)[C@@H](CC(=O)[C@@H](NC(=O)OC)C(C)(C)C(F)(F)F)Cc2ccc(C#Cc3ccc(N4CC5CCC(C4)N5C4COC4)nc3)cc2)c(F)c1. The molecule has 6 rings (SSSR count). The number of pyridine rings is 1. The van der Waals surface area contributed by atoms with Crippen molar-refractivity contribution in [1.82, 2.24) is 25.4 Å². The number of allylic oxidation sites excluding steroid dienone is 1. The summed E-state index contributed by atoms with van der Waals surface area (Å²) in [7, 11) is 3.26. The van der Waals surface area contributed by atoms with Gasteiger partial charge in [0.2, 0.25) is 5.91 Å². The van der Waals surface area contributed by atoms with E-state index in [9.17, 15) is 50.6 Å². The van der Waals surface area contributed by atoms with Crippen molar-refractivity contribution in [3.63, 3.8) is 0 Å². The zero-order valence-corrected chi connectivity index (χ0v) is 46.2. The molecule has 6 atom stereocenters. The van der Waals surface area contributed by atoms with Gasteiger partial charge >= 0.3 is 24.4 Å². The molecule has 0 saturated carbocycles. The molecule has 2 aromatic carbocycles. The maximum absolute atomic E-state index is 15.7. The van der Waals surface area contributed by atoms with Gasteiger partial charge in [-0.05, 0) is 93.5 Å². The van der Waals surface area contributed by atoms with Crippen LogP contribution in [0, 0.1) is 46.1 Å². The van der Waals surface area contributed by atoms with Gasteiger partial charge in [-0.25, -0.2) is 18.6 Å². The summed E-state index contributed by atoms with van der Waals surface area (Å²) in [6.45, 7) is 4.33. The fourth-order valence-corrected chi connectivity index (χ4v) is 10.3. The molecular weight excluding hydrogens is 1080 g/mol. The van der Waals surface area contributed by atoms with Crippen molar-refractivity contribution in [3.05, 3.63) is 100 Å². The lowest BCUT2D eigenvalue weighted by atomic mass is 9.75. The van der Waals surface area contributed by atoms with Crippen LogP contribution in [0.15, 0.2) is 65.8 Å². The summed E-state index contributed by atoms with van der Waals surface area (Å²) in [5, 5.41) is 16.5. The Kier molecular flexibility index (Phi) is 21.1. The second kappa shape index (κ2) is 26.9. The third-order valence-corrected chi connectivity index (χ3v) is 15.7. The van der Waals surface area contributed by atoms with E-state index in [1.54, 1.807) is 30.5 Å². The van der Waals surface area contributed by atoms with Gasteiger partial charge in [-0.1, -0.05) is 37.8 Å². The number of piperazine rings is 1. The second-order valence-corrected chi connectivity index (χ2v) is 21.8. The Morgan fingerprint density at radius 3 is 2.02 bits per heavy atom. The number of ether oxygens (including phenoxy) is 3. The number of carbonyl (C=O) groups excluding carboxylic acids is 4. The number of aliphatic hydroxyl groups excluding tert-OH is 1. The Labute approximate surface area is 465 Å². The summed E-state index contributed by atoms with van der Waals surface area (Å²) in [4.78, 5) is 67.4. The molecule has 3 saturated heterocycles. The van der Waals surface area contributed by atoms with E-state index >= 15 is 8.78 Å². The summed E-state index contributed by atoms with van der Waals surface area (Å²) in [5.41, 5.74) is 1.36. The number of aliphatic imine (C=N–C) groups is 1. The molecular formula is C57H70F8N8O8. The first-order valence-corrected chi connectivity index (χ1v) is 26.4. The van der Waals surface area contributed by atoms with E-state index in [-0.39, 0.29) is 17.7 Å². The fraction of sp³-hybridized carbons (Fsp3) is 0.544. The van der Waals surface area contributed by atoms with Crippen molar-refractivity contribution < 1.29 is 73.6 Å². The van der Waals surface area contributed by atoms with Crippen LogP contribution in [0.25, 0.3) is 5.70 Å². The van der Waals surface area contributed by atoms with Crippen LogP contribution < -0.4 is 21.3 Å². The van der Waals surface area contributed by atoms with Crippen LogP contribution in [0.4, 0.5) is 45.7 Å². The molecule has 3 aliphatic rings. The number of ketones is 1. The number of esters is 1. The molecule has 2 unspecified atom stereocenters. The summed E-state index contributed by atoms with van der Waals surface area (Å²) >= 11 is 0. The first-order valence-electron chi connectivity index (χ1n) is 26.4. The molecule has 3 fully saturated rings. The number of anilines is 1. The van der Waals surface area contributed by atoms with E-state index in [1.807, 2.05) is 17.4 Å². The molecule has 24 heteroatoms. The lowest BCUT2D eigenvalue weighted by molar-refractivity contribution is -0.230. The Morgan fingerprint density at radius 2 is 1.49 bits per heavy atom. The first-order chi connectivity index (χ1) is 38.1. The normalized spacial score (nSPS) is 18.8. The molecule has 5 N–H and O–H groups in total. The van der Waals surface area contributed by atoms with Gasteiger partial charge in [0, 0.05) is 92.1 Å². The molecule has 442 valence electrons. The summed E-state index contributed by atoms with van der Waals surface area (Å²) in [5.74, 6) is -2.06. The highest BCUT2D eigenvalue weighted by atomic mass is 19.4. The van der Waals surface area contributed by atoms with Gasteiger partial charge in [0.25, 0.3) is 0 Å². The maximum atomic E-state index is 15.7. The smallest absolute Gasteiger partial charge is 0.407 e. The van der Waals surface area contributed by atoms with Gasteiger partial charge in [-0.3, -0.25) is 29.2 Å². The molecule has 2 bridgehead atoms. The number of nitrogens with one attached hydrogen (secondary N) is 2. The van der Waals surface area contributed by atoms with Gasteiger partial charge < -0.3 is 40.6 Å². The van der Waals surface area contributed by atoms with Gasteiger partial charge in [0.05, 0.1) is 69.4 Å². The molecule has 16 nitrogen and oxygen atoms in total. The van der Waals surface area contributed by atoms with Gasteiger partial charge in [0.1, 0.15) is 23.5 Å². The van der Waals surface area contributed by atoms with Gasteiger partial charge in [0.15, 0.2) is 5.78 Å².